The summed E-state index contributed by atoms with van der Waals surface area (Å²) in [4.78, 5) is 9.20. The third-order valence-corrected chi connectivity index (χ3v) is 0.221. The molecule has 0 amide bonds. The monoisotopic (exact) mass is 92.0 g/mol. The predicted molar refractivity (Wildman–Crippen MR) is 15.9 cm³/mol. The molecule has 0 unspecified atom stereocenters. The van der Waals surface area contributed by atoms with Gasteiger partial charge in [-0.25, -0.2) is 4.79 Å². The smallest absolute Gasteiger partial charge is 0.360 e. The van der Waals surface area contributed by atoms with E-state index in [2.05, 4.69) is 0 Å². The summed E-state index contributed by atoms with van der Waals surface area (Å²) in [7, 11) is 0. The fraction of sp³-hybridized carbons (Fsp3) is 0.500. The lowest BCUT2D eigenvalue weighted by Crippen LogP contribution is -2.17. The van der Waals surface area contributed by atoms with Crippen LogP contribution in [-0.4, -0.2) is 27.6 Å². The molecule has 0 atom stereocenters. The number of aliphatic hydroxyl groups is 2. The Hall–Kier alpha value is -0.610. The Morgan fingerprint density at radius 2 is 1.67 bits per heavy atom. The van der Waals surface area contributed by atoms with Gasteiger partial charge < -0.3 is 15.3 Å². The van der Waals surface area contributed by atoms with Crippen LogP contribution in [0.25, 0.3) is 0 Å². The van der Waals surface area contributed by atoms with Crippen LogP contribution >= 0.6 is 0 Å². The first kappa shape index (κ1) is 5.39. The second kappa shape index (κ2) is 1.74. The summed E-state index contributed by atoms with van der Waals surface area (Å²) in [6, 6.07) is 0. The first-order valence-corrected chi connectivity index (χ1v) is 1.23. The summed E-state index contributed by atoms with van der Waals surface area (Å²) >= 11 is 0. The van der Waals surface area contributed by atoms with E-state index in [0.717, 1.165) is 0 Å². The van der Waals surface area contributed by atoms with E-state index >= 15 is 0 Å². The summed E-state index contributed by atoms with van der Waals surface area (Å²) in [6.07, 6.45) is -2.23. The summed E-state index contributed by atoms with van der Waals surface area (Å²) < 4.78 is 0. The molecule has 0 aromatic carbocycles. The maximum Gasteiger partial charge on any atom is 0.360 e. The van der Waals surface area contributed by atoms with Gasteiger partial charge in [-0.1, -0.05) is 0 Å². The Kier molecular flexibility index (Phi) is 1.56. The Morgan fingerprint density at radius 1 is 1.50 bits per heavy atom. The molecule has 0 bridgehead atoms. The molecule has 0 aliphatic rings. The van der Waals surface area contributed by atoms with E-state index in [1.165, 1.54) is 0 Å². The highest BCUT2D eigenvalue weighted by atomic mass is 16.5. The van der Waals surface area contributed by atoms with E-state index in [1.807, 2.05) is 0 Å². The zero-order chi connectivity index (χ0) is 5.15. The average molecular weight is 92.0 g/mol. The Labute approximate surface area is 33.6 Å². The second-order valence-electron chi connectivity index (χ2n) is 0.712. The average Bonchev–Trinajstić information content (AvgIpc) is 1.36. The maximum atomic E-state index is 9.20. The summed E-state index contributed by atoms with van der Waals surface area (Å²) in [5.41, 5.74) is 0. The molecular formula is C2H4O4. The molecule has 0 aliphatic heterocycles. The predicted octanol–water partition coefficient (Wildman–Crippen LogP) is -1.62. The number of carboxylic acids is 1. The quantitative estimate of drug-likeness (QED) is 0.340. The Balaban J connectivity index is 3.26. The van der Waals surface area contributed by atoms with Crippen molar-refractivity contribution in [1.29, 1.82) is 0 Å². The minimum absolute atomic E-state index is 1.63. The molecule has 0 fully saturated rings. The fourth-order valence-corrected chi connectivity index (χ4v) is 0. The van der Waals surface area contributed by atoms with Crippen LogP contribution < -0.4 is 0 Å². The highest BCUT2D eigenvalue weighted by Gasteiger charge is 2.04. The van der Waals surface area contributed by atoms with Gasteiger partial charge in [0.2, 0.25) is 0 Å². The fourth-order valence-electron chi connectivity index (χ4n) is 0. The minimum atomic E-state index is -2.23. The molecule has 0 saturated heterocycles. The molecule has 3 N–H and O–H groups in total. The van der Waals surface area contributed by atoms with Gasteiger partial charge in [-0.05, 0) is 0 Å². The largest absolute Gasteiger partial charge is 0.477 e. The van der Waals surface area contributed by atoms with Gasteiger partial charge >= 0.3 is 5.97 Å². The van der Waals surface area contributed by atoms with Crippen LogP contribution in [0.2, 0.25) is 0 Å². The molecule has 0 aliphatic carbocycles. The van der Waals surface area contributed by atoms with Crippen molar-refractivity contribution in [3.05, 3.63) is 0 Å². The van der Waals surface area contributed by atoms with E-state index in [4.69, 9.17) is 15.3 Å². The lowest BCUT2D eigenvalue weighted by atomic mass is 10.7. The number of hydrogen-bond donors (Lipinski definition) is 3. The van der Waals surface area contributed by atoms with Gasteiger partial charge in [0.25, 0.3) is 6.29 Å². The van der Waals surface area contributed by atoms with Gasteiger partial charge in [0, 0.05) is 0 Å². The van der Waals surface area contributed by atoms with Gasteiger partial charge in [-0.2, -0.15) is 0 Å². The van der Waals surface area contributed by atoms with Gasteiger partial charge in [0.05, 0.1) is 0 Å². The molecular weight excluding hydrogens is 88.0 g/mol. The number of carbonyl (C=O) groups is 1. The summed E-state index contributed by atoms with van der Waals surface area (Å²) in [5, 5.41) is 22.7. The van der Waals surface area contributed by atoms with E-state index in [9.17, 15) is 4.79 Å². The molecule has 0 rings (SSSR count). The lowest BCUT2D eigenvalue weighted by Gasteiger charge is -1.88. The molecule has 4 heteroatoms. The topological polar surface area (TPSA) is 77.8 Å². The van der Waals surface area contributed by atoms with Crippen molar-refractivity contribution >= 4 is 5.97 Å². The van der Waals surface area contributed by atoms with Gasteiger partial charge in [-0.3, -0.25) is 0 Å². The first-order chi connectivity index (χ1) is 2.64. The molecule has 0 aromatic rings. The van der Waals surface area contributed by atoms with Crippen molar-refractivity contribution in [3.63, 3.8) is 0 Å². The maximum absolute atomic E-state index is 9.20. The summed E-state index contributed by atoms with van der Waals surface area (Å²) in [5.74, 6) is -1.63. The molecule has 0 radical (unpaired) electrons. The summed E-state index contributed by atoms with van der Waals surface area (Å²) in [6.45, 7) is 0. The molecule has 0 saturated carbocycles. The van der Waals surface area contributed by atoms with Crippen molar-refractivity contribution in [1.82, 2.24) is 0 Å². The molecule has 0 heterocycles. The minimum Gasteiger partial charge on any atom is -0.477 e. The molecule has 0 aromatic heterocycles. The van der Waals surface area contributed by atoms with Crippen molar-refractivity contribution < 1.29 is 20.1 Å². The number of hydrogen-bond acceptors (Lipinski definition) is 3. The van der Waals surface area contributed by atoms with E-state index in [-0.39, 0.29) is 0 Å². The lowest BCUT2D eigenvalue weighted by molar-refractivity contribution is -0.165. The van der Waals surface area contributed by atoms with Gasteiger partial charge in [0.15, 0.2) is 0 Å². The molecule has 36 valence electrons. The number of carboxylic acid groups (broad SMARTS) is 1. The van der Waals surface area contributed by atoms with E-state index < -0.39 is 12.3 Å². The number of aliphatic carboxylic acids is 1. The van der Waals surface area contributed by atoms with Crippen LogP contribution in [0.4, 0.5) is 0 Å². The number of aliphatic hydroxyl groups excluding tert-OH is 1. The zero-order valence-electron chi connectivity index (χ0n) is 2.83. The van der Waals surface area contributed by atoms with Crippen LogP contribution in [0.15, 0.2) is 0 Å². The SMILES string of the molecule is O=C(O)C(O)O. The van der Waals surface area contributed by atoms with E-state index in [0.29, 0.717) is 0 Å². The standard InChI is InChI=1S/C2H4O4/c3-1(4)2(5)6/h1,3-4H,(H,5,6). The number of rotatable bonds is 1. The van der Waals surface area contributed by atoms with Crippen LogP contribution in [-0.2, 0) is 4.79 Å². The Morgan fingerprint density at radius 3 is 1.67 bits per heavy atom. The van der Waals surface area contributed by atoms with Gasteiger partial charge in [0.1, 0.15) is 0 Å². The van der Waals surface area contributed by atoms with Crippen molar-refractivity contribution in [2.75, 3.05) is 0 Å². The van der Waals surface area contributed by atoms with Crippen LogP contribution in [0.5, 0.6) is 0 Å². The molecule has 6 heavy (non-hydrogen) atoms. The second-order valence-corrected chi connectivity index (χ2v) is 0.712. The third kappa shape index (κ3) is 1.68. The van der Waals surface area contributed by atoms with Crippen LogP contribution in [0.1, 0.15) is 0 Å². The van der Waals surface area contributed by atoms with Crippen molar-refractivity contribution in [2.45, 2.75) is 6.29 Å². The van der Waals surface area contributed by atoms with Crippen LogP contribution in [0.3, 0.4) is 0 Å². The first-order valence-electron chi connectivity index (χ1n) is 1.23. The third-order valence-electron chi connectivity index (χ3n) is 0.221. The molecule has 4 nitrogen and oxygen atoms in total. The zero-order valence-corrected chi connectivity index (χ0v) is 2.83. The molecule has 0 spiro atoms. The van der Waals surface area contributed by atoms with E-state index in [1.54, 1.807) is 0 Å². The van der Waals surface area contributed by atoms with Crippen molar-refractivity contribution in [2.24, 2.45) is 0 Å². The normalized spacial score (nSPS) is 9.17. The highest BCUT2D eigenvalue weighted by molar-refractivity contribution is 5.69. The van der Waals surface area contributed by atoms with Crippen LogP contribution in [0, 0.1) is 0 Å². The van der Waals surface area contributed by atoms with Gasteiger partial charge in [-0.15, -0.1) is 0 Å². The van der Waals surface area contributed by atoms with Crippen molar-refractivity contribution in [3.8, 4) is 0 Å². The Bertz CT molecular complexity index is 56.6. The highest BCUT2D eigenvalue weighted by Crippen LogP contribution is 1.67.